The Hall–Kier alpha value is -2.81. The quantitative estimate of drug-likeness (QED) is 0.517. The van der Waals surface area contributed by atoms with Gasteiger partial charge in [0, 0.05) is 12.0 Å². The highest BCUT2D eigenvalue weighted by Crippen LogP contribution is 2.45. The predicted octanol–water partition coefficient (Wildman–Crippen LogP) is 4.21. The fourth-order valence-corrected chi connectivity index (χ4v) is 3.83. The molecule has 0 bridgehead atoms. The summed E-state index contributed by atoms with van der Waals surface area (Å²) in [7, 11) is 1.34. The molecule has 30 heavy (non-hydrogen) atoms. The van der Waals surface area contributed by atoms with E-state index in [2.05, 4.69) is 10.2 Å². The van der Waals surface area contributed by atoms with Crippen LogP contribution in [0.3, 0.4) is 0 Å². The summed E-state index contributed by atoms with van der Waals surface area (Å²) < 4.78 is 61.0. The van der Waals surface area contributed by atoms with Gasteiger partial charge in [-0.05, 0) is 47.7 Å². The Labute approximate surface area is 169 Å². The van der Waals surface area contributed by atoms with E-state index in [-0.39, 0.29) is 22.3 Å². The Morgan fingerprint density at radius 3 is 2.40 bits per heavy atom. The van der Waals surface area contributed by atoms with Gasteiger partial charge in [-0.2, -0.15) is 13.2 Å². The minimum absolute atomic E-state index is 0.148. The topological polar surface area (TPSA) is 78.1 Å². The highest BCUT2D eigenvalue weighted by atomic mass is 19.4. The standard InChI is InChI=1S/C21H22F4N2O3/c1-19(2,15-9-13(22)5-7-17(15)30-3)11-20(29,21(23,24)25)10-12-4-6-16-14(8-12)18(28)27-26-16/h4-9,29H,10-11H2,1-3H3,(H2,26,27,28). The Morgan fingerprint density at radius 2 is 1.77 bits per heavy atom. The monoisotopic (exact) mass is 426 g/mol. The summed E-state index contributed by atoms with van der Waals surface area (Å²) in [6.45, 7) is 2.97. The zero-order valence-electron chi connectivity index (χ0n) is 16.7. The molecule has 3 rings (SSSR count). The molecule has 0 aliphatic heterocycles. The van der Waals surface area contributed by atoms with E-state index in [0.717, 1.165) is 12.1 Å². The fraction of sp³-hybridized carbons (Fsp3) is 0.381. The van der Waals surface area contributed by atoms with Gasteiger partial charge in [0.1, 0.15) is 11.6 Å². The van der Waals surface area contributed by atoms with Gasteiger partial charge in [-0.25, -0.2) is 4.39 Å². The lowest BCUT2D eigenvalue weighted by molar-refractivity contribution is -0.266. The van der Waals surface area contributed by atoms with Crippen LogP contribution < -0.4 is 10.3 Å². The van der Waals surface area contributed by atoms with E-state index < -0.39 is 41.4 Å². The predicted molar refractivity (Wildman–Crippen MR) is 104 cm³/mol. The molecular formula is C21H22F4N2O3. The van der Waals surface area contributed by atoms with Gasteiger partial charge in [0.2, 0.25) is 0 Å². The van der Waals surface area contributed by atoms with Gasteiger partial charge in [-0.15, -0.1) is 0 Å². The average Bonchev–Trinajstić information content (AvgIpc) is 3.01. The number of benzene rings is 2. The molecule has 0 saturated heterocycles. The summed E-state index contributed by atoms with van der Waals surface area (Å²) in [4.78, 5) is 11.8. The number of hydrogen-bond acceptors (Lipinski definition) is 3. The number of methoxy groups -OCH3 is 1. The number of hydrogen-bond donors (Lipinski definition) is 3. The maximum atomic E-state index is 14.0. The number of H-pyrrole nitrogens is 2. The van der Waals surface area contributed by atoms with Crippen LogP contribution in [0.15, 0.2) is 41.2 Å². The molecule has 0 fully saturated rings. The first-order valence-corrected chi connectivity index (χ1v) is 9.19. The molecule has 0 aliphatic rings. The molecule has 9 heteroatoms. The van der Waals surface area contributed by atoms with E-state index in [1.807, 2.05) is 0 Å². The summed E-state index contributed by atoms with van der Waals surface area (Å²) >= 11 is 0. The summed E-state index contributed by atoms with van der Waals surface area (Å²) in [6.07, 6.45) is -6.48. The van der Waals surface area contributed by atoms with Crippen LogP contribution in [0.4, 0.5) is 17.6 Å². The number of fused-ring (bicyclic) bond motifs is 1. The zero-order chi connectivity index (χ0) is 22.3. The van der Waals surface area contributed by atoms with Crippen LogP contribution in [-0.2, 0) is 11.8 Å². The Balaban J connectivity index is 2.01. The third-order valence-electron chi connectivity index (χ3n) is 5.29. The number of aromatic nitrogens is 2. The van der Waals surface area contributed by atoms with Crippen molar-refractivity contribution in [3.63, 3.8) is 0 Å². The summed E-state index contributed by atoms with van der Waals surface area (Å²) in [6, 6.07) is 7.81. The normalized spacial score (nSPS) is 14.7. The van der Waals surface area contributed by atoms with Crippen molar-refractivity contribution < 1.29 is 27.4 Å². The SMILES string of the molecule is COc1ccc(F)cc1C(C)(C)CC(O)(Cc1ccc2[nH][nH]c(=O)c2c1)C(F)(F)F. The third kappa shape index (κ3) is 4.07. The molecule has 1 heterocycles. The molecule has 162 valence electrons. The molecule has 0 saturated carbocycles. The lowest BCUT2D eigenvalue weighted by Gasteiger charge is -2.38. The van der Waals surface area contributed by atoms with Crippen molar-refractivity contribution >= 4 is 10.9 Å². The van der Waals surface area contributed by atoms with Crippen LogP contribution in [-0.4, -0.2) is 34.2 Å². The highest BCUT2D eigenvalue weighted by molar-refractivity contribution is 5.78. The lowest BCUT2D eigenvalue weighted by Crippen LogP contribution is -2.50. The smallest absolute Gasteiger partial charge is 0.417 e. The fourth-order valence-electron chi connectivity index (χ4n) is 3.83. The van der Waals surface area contributed by atoms with Crippen molar-refractivity contribution in [3.05, 3.63) is 63.7 Å². The molecule has 3 aromatic rings. The van der Waals surface area contributed by atoms with E-state index in [1.54, 1.807) is 0 Å². The minimum Gasteiger partial charge on any atom is -0.496 e. The maximum Gasteiger partial charge on any atom is 0.417 e. The van der Waals surface area contributed by atoms with E-state index in [4.69, 9.17) is 4.74 Å². The second kappa shape index (κ2) is 7.46. The maximum absolute atomic E-state index is 14.0. The number of aliphatic hydroxyl groups is 1. The molecule has 3 N–H and O–H groups in total. The number of rotatable bonds is 6. The lowest BCUT2D eigenvalue weighted by atomic mass is 9.72. The highest BCUT2D eigenvalue weighted by Gasteiger charge is 2.56. The van der Waals surface area contributed by atoms with E-state index in [0.29, 0.717) is 5.52 Å². The van der Waals surface area contributed by atoms with Crippen molar-refractivity contribution in [1.29, 1.82) is 0 Å². The minimum atomic E-state index is -4.97. The first-order valence-electron chi connectivity index (χ1n) is 9.19. The largest absolute Gasteiger partial charge is 0.496 e. The molecule has 2 aromatic carbocycles. The van der Waals surface area contributed by atoms with Crippen LogP contribution in [0.25, 0.3) is 10.9 Å². The molecule has 0 aliphatic carbocycles. The van der Waals surface area contributed by atoms with Gasteiger partial charge in [0.05, 0.1) is 18.0 Å². The van der Waals surface area contributed by atoms with Gasteiger partial charge < -0.3 is 9.84 Å². The van der Waals surface area contributed by atoms with Crippen molar-refractivity contribution in [2.75, 3.05) is 7.11 Å². The van der Waals surface area contributed by atoms with Crippen LogP contribution in [0, 0.1) is 5.82 Å². The van der Waals surface area contributed by atoms with Crippen molar-refractivity contribution in [2.24, 2.45) is 0 Å². The summed E-state index contributed by atoms with van der Waals surface area (Å²) in [5, 5.41) is 15.9. The van der Waals surface area contributed by atoms with Gasteiger partial charge in [0.25, 0.3) is 5.56 Å². The van der Waals surface area contributed by atoms with Crippen molar-refractivity contribution in [2.45, 2.75) is 43.9 Å². The molecular weight excluding hydrogens is 404 g/mol. The van der Waals surface area contributed by atoms with Crippen LogP contribution in [0.2, 0.25) is 0 Å². The van der Waals surface area contributed by atoms with Gasteiger partial charge >= 0.3 is 6.18 Å². The average molecular weight is 426 g/mol. The van der Waals surface area contributed by atoms with Gasteiger partial charge in [0.15, 0.2) is 5.60 Å². The molecule has 0 amide bonds. The number of nitrogens with one attached hydrogen (secondary N) is 2. The second-order valence-corrected chi connectivity index (χ2v) is 8.07. The Morgan fingerprint density at radius 1 is 1.07 bits per heavy atom. The van der Waals surface area contributed by atoms with E-state index in [1.165, 1.54) is 45.2 Å². The summed E-state index contributed by atoms with van der Waals surface area (Å²) in [5.41, 5.74) is -4.06. The molecule has 5 nitrogen and oxygen atoms in total. The van der Waals surface area contributed by atoms with E-state index in [9.17, 15) is 27.5 Å². The molecule has 0 spiro atoms. The number of ether oxygens (including phenoxy) is 1. The van der Waals surface area contributed by atoms with Crippen molar-refractivity contribution in [1.82, 2.24) is 10.2 Å². The molecule has 1 unspecified atom stereocenters. The van der Waals surface area contributed by atoms with E-state index >= 15 is 0 Å². The van der Waals surface area contributed by atoms with Crippen molar-refractivity contribution in [3.8, 4) is 5.75 Å². The zero-order valence-corrected chi connectivity index (χ0v) is 16.7. The molecule has 1 aromatic heterocycles. The first kappa shape index (κ1) is 21.9. The Kier molecular flexibility index (Phi) is 5.44. The van der Waals surface area contributed by atoms with Gasteiger partial charge in [-0.3, -0.25) is 15.0 Å². The van der Waals surface area contributed by atoms with Crippen LogP contribution in [0.5, 0.6) is 5.75 Å². The number of alkyl halides is 3. The molecule has 1 atom stereocenters. The second-order valence-electron chi connectivity index (χ2n) is 8.07. The summed E-state index contributed by atoms with van der Waals surface area (Å²) in [5.74, 6) is -0.391. The van der Waals surface area contributed by atoms with Gasteiger partial charge in [-0.1, -0.05) is 19.9 Å². The first-order chi connectivity index (χ1) is 13.9. The number of halogens is 4. The molecule has 0 radical (unpaired) electrons. The Bertz CT molecular complexity index is 1120. The number of aromatic amines is 2. The van der Waals surface area contributed by atoms with Crippen LogP contribution in [0.1, 0.15) is 31.4 Å². The third-order valence-corrected chi connectivity index (χ3v) is 5.29. The van der Waals surface area contributed by atoms with Crippen LogP contribution >= 0.6 is 0 Å².